The van der Waals surface area contributed by atoms with Crippen LogP contribution in [0.5, 0.6) is 5.75 Å². The molecule has 0 aliphatic heterocycles. The molecule has 14 heteroatoms. The maximum absolute atomic E-state index is 14.5. The molecule has 6 rings (SSSR count). The average molecular weight is 838 g/mol. The number of hydrogen-bond donors (Lipinski definition) is 6. The Balaban J connectivity index is 1.28. The number of carbonyl (C=O) groups excluding carboxylic acids is 4. The number of carbonyl (C=O) groups is 4. The van der Waals surface area contributed by atoms with Gasteiger partial charge in [0.05, 0.1) is 25.4 Å². The molecule has 1 aromatic heterocycles. The molecular weight excluding hydrogens is 791 g/mol. The maximum atomic E-state index is 14.5. The third kappa shape index (κ3) is 12.6. The number of benzene rings is 5. The lowest BCUT2D eigenvalue weighted by atomic mass is 9.98. The Bertz CT molecular complexity index is 2460. The van der Waals surface area contributed by atoms with Crippen LogP contribution in [0.3, 0.4) is 0 Å². The number of aliphatic carboxylic acids is 1. The third-order valence-corrected chi connectivity index (χ3v) is 9.83. The van der Waals surface area contributed by atoms with Gasteiger partial charge < -0.3 is 35.5 Å². The number of H-pyrrole nitrogens is 1. The van der Waals surface area contributed by atoms with Crippen molar-refractivity contribution in [1.82, 2.24) is 26.4 Å². The maximum Gasteiger partial charge on any atom is 0.325 e. The van der Waals surface area contributed by atoms with Crippen molar-refractivity contribution < 1.29 is 43.4 Å². The Morgan fingerprint density at radius 1 is 0.645 bits per heavy atom. The smallest absolute Gasteiger partial charge is 0.325 e. The van der Waals surface area contributed by atoms with E-state index in [0.717, 1.165) is 16.7 Å². The first-order valence-electron chi connectivity index (χ1n) is 19.9. The molecule has 0 aliphatic carbocycles. The zero-order chi connectivity index (χ0) is 43.7. The largest absolute Gasteiger partial charge is 0.489 e. The van der Waals surface area contributed by atoms with Crippen LogP contribution >= 0.6 is 0 Å². The second-order valence-corrected chi connectivity index (χ2v) is 14.4. The number of fused-ring (bicyclic) bond motifs is 1. The van der Waals surface area contributed by atoms with E-state index < -0.39 is 47.9 Å². The lowest BCUT2D eigenvalue weighted by Crippen LogP contribution is -2.58. The van der Waals surface area contributed by atoms with Crippen LogP contribution in [0.4, 0.5) is 0 Å². The highest BCUT2D eigenvalue weighted by Crippen LogP contribution is 2.26. The number of aromatic nitrogens is 1. The van der Waals surface area contributed by atoms with Gasteiger partial charge in [0, 0.05) is 29.1 Å². The van der Waals surface area contributed by atoms with Gasteiger partial charge in [0.15, 0.2) is 0 Å². The lowest BCUT2D eigenvalue weighted by Gasteiger charge is -2.26. The zero-order valence-corrected chi connectivity index (χ0v) is 33.9. The Morgan fingerprint density at radius 3 is 1.84 bits per heavy atom. The summed E-state index contributed by atoms with van der Waals surface area (Å²) in [6.45, 7) is 1.42. The van der Waals surface area contributed by atoms with E-state index in [0.29, 0.717) is 34.4 Å². The number of para-hydroxylation sites is 1. The first-order chi connectivity index (χ1) is 30.2. The summed E-state index contributed by atoms with van der Waals surface area (Å²) in [5.74, 6) is -1.20. The molecule has 14 nitrogen and oxygen atoms in total. The van der Waals surface area contributed by atoms with Gasteiger partial charge in [-0.15, -0.1) is 0 Å². The van der Waals surface area contributed by atoms with Crippen LogP contribution in [-0.4, -0.2) is 70.5 Å². The van der Waals surface area contributed by atoms with Gasteiger partial charge in [0.1, 0.15) is 42.5 Å². The fraction of sp³-hybridized carbons (Fsp3) is 0.208. The highest BCUT2D eigenvalue weighted by atomic mass is 16.6. The molecule has 0 unspecified atom stereocenters. The minimum absolute atomic E-state index is 0.0296. The fourth-order valence-corrected chi connectivity index (χ4v) is 6.45. The Morgan fingerprint density at radius 2 is 1.21 bits per heavy atom. The minimum Gasteiger partial charge on any atom is -0.489 e. The topological polar surface area (TPSA) is 197 Å². The van der Waals surface area contributed by atoms with Crippen molar-refractivity contribution in [2.75, 3.05) is 6.61 Å². The van der Waals surface area contributed by atoms with Gasteiger partial charge in [-0.3, -0.25) is 24.0 Å². The summed E-state index contributed by atoms with van der Waals surface area (Å²) in [5.41, 5.74) is 6.93. The van der Waals surface area contributed by atoms with Crippen LogP contribution in [0, 0.1) is 0 Å². The minimum atomic E-state index is -1.48. The molecule has 5 aromatic carbocycles. The van der Waals surface area contributed by atoms with Gasteiger partial charge in [-0.05, 0) is 47.4 Å². The van der Waals surface area contributed by atoms with Crippen molar-refractivity contribution in [1.29, 1.82) is 0 Å². The Hall–Kier alpha value is -7.35. The Labute approximate surface area is 358 Å². The number of rotatable bonds is 22. The van der Waals surface area contributed by atoms with E-state index in [2.05, 4.69) is 26.4 Å². The monoisotopic (exact) mass is 837 g/mol. The van der Waals surface area contributed by atoms with Gasteiger partial charge in [-0.25, -0.2) is 4.79 Å². The summed E-state index contributed by atoms with van der Waals surface area (Å²) in [7, 11) is 0. The highest BCUT2D eigenvalue weighted by Gasteiger charge is 2.33. The molecule has 0 bridgehead atoms. The molecule has 318 valence electrons. The van der Waals surface area contributed by atoms with Gasteiger partial charge in [-0.2, -0.15) is 5.48 Å². The fourth-order valence-electron chi connectivity index (χ4n) is 6.45. The van der Waals surface area contributed by atoms with Crippen LogP contribution in [0.1, 0.15) is 34.7 Å². The standard InChI is InChI=1S/C48H47N5O9/c1-32(48(58)59)50-46(56)43(31-60-28-34-13-5-2-6-14-34)52-45(55)42(25-33-21-23-37(24-22-33)61-29-35-15-7-3-8-16-35)51-47(57)44(53-62-30-36-17-9-4-10-18-36)40(27-54)39-26-49-41-20-12-11-19-38(39)41/h2-24,26,32,42-44,49,53H,25,28-31H2,1H3,(H,50,56)(H,51,57)(H,52,55)(H,58,59)/t32-,42-,43+,44+/m1/s1. The number of nitrogens with one attached hydrogen (secondary N) is 5. The molecule has 62 heavy (non-hydrogen) atoms. The molecule has 0 saturated heterocycles. The molecule has 0 fully saturated rings. The molecule has 0 radical (unpaired) electrons. The van der Waals surface area contributed by atoms with E-state index in [1.54, 1.807) is 42.6 Å². The van der Waals surface area contributed by atoms with Crippen molar-refractivity contribution in [2.45, 2.75) is 57.3 Å². The van der Waals surface area contributed by atoms with Gasteiger partial charge >= 0.3 is 5.97 Å². The van der Waals surface area contributed by atoms with Crippen LogP contribution in [0.25, 0.3) is 16.5 Å². The number of hydrogen-bond acceptors (Lipinski definition) is 9. The predicted molar refractivity (Wildman–Crippen MR) is 232 cm³/mol. The normalized spacial score (nSPS) is 12.9. The summed E-state index contributed by atoms with van der Waals surface area (Å²) in [4.78, 5) is 75.8. The molecule has 1 heterocycles. The third-order valence-electron chi connectivity index (χ3n) is 9.83. The molecule has 0 aliphatic rings. The second kappa shape index (κ2) is 22.3. The molecule has 6 aromatic rings. The van der Waals surface area contributed by atoms with E-state index in [4.69, 9.17) is 14.3 Å². The van der Waals surface area contributed by atoms with Gasteiger partial charge in [0.25, 0.3) is 0 Å². The molecular formula is C48H47N5O9. The highest BCUT2D eigenvalue weighted by molar-refractivity contribution is 6.09. The summed E-state index contributed by atoms with van der Waals surface area (Å²) >= 11 is 0. The molecule has 6 N–H and O–H groups in total. The van der Waals surface area contributed by atoms with E-state index in [-0.39, 0.29) is 31.8 Å². The van der Waals surface area contributed by atoms with Crippen LogP contribution in [-0.2, 0) is 59.8 Å². The van der Waals surface area contributed by atoms with Crippen molar-refractivity contribution in [2.24, 2.45) is 0 Å². The Kier molecular flexibility index (Phi) is 15.9. The number of aromatic amines is 1. The number of amides is 3. The van der Waals surface area contributed by atoms with Crippen molar-refractivity contribution >= 4 is 46.1 Å². The second-order valence-electron chi connectivity index (χ2n) is 14.4. The van der Waals surface area contributed by atoms with Crippen LogP contribution < -0.4 is 26.2 Å². The summed E-state index contributed by atoms with van der Waals surface area (Å²) in [6, 6.07) is 36.7. The van der Waals surface area contributed by atoms with Crippen molar-refractivity contribution in [3.63, 3.8) is 0 Å². The first kappa shape index (κ1) is 44.2. The van der Waals surface area contributed by atoms with E-state index >= 15 is 0 Å². The number of ether oxygens (including phenoxy) is 2. The number of carboxylic acids is 1. The summed E-state index contributed by atoms with van der Waals surface area (Å²) in [6.07, 6.45) is 1.51. The van der Waals surface area contributed by atoms with Gasteiger partial charge in [-0.1, -0.05) is 121 Å². The lowest BCUT2D eigenvalue weighted by molar-refractivity contribution is -0.142. The quantitative estimate of drug-likeness (QED) is 0.0397. The molecule has 4 atom stereocenters. The van der Waals surface area contributed by atoms with E-state index in [1.165, 1.54) is 6.92 Å². The van der Waals surface area contributed by atoms with E-state index in [9.17, 15) is 29.1 Å². The number of carboxylic acid groups (broad SMARTS) is 1. The summed E-state index contributed by atoms with van der Waals surface area (Å²) < 4.78 is 11.8. The van der Waals surface area contributed by atoms with Crippen molar-refractivity contribution in [3.05, 3.63) is 174 Å². The molecule has 3 amide bonds. The van der Waals surface area contributed by atoms with Gasteiger partial charge in [0.2, 0.25) is 17.7 Å². The van der Waals surface area contributed by atoms with Crippen molar-refractivity contribution in [3.8, 4) is 5.75 Å². The predicted octanol–water partition coefficient (Wildman–Crippen LogP) is 5.07. The zero-order valence-electron chi connectivity index (χ0n) is 33.9. The summed E-state index contributed by atoms with van der Waals surface area (Å²) in [5, 5.41) is 18.0. The van der Waals surface area contributed by atoms with Crippen LogP contribution in [0.15, 0.2) is 146 Å². The average Bonchev–Trinajstić information content (AvgIpc) is 3.72. The van der Waals surface area contributed by atoms with E-state index in [1.807, 2.05) is 109 Å². The SMILES string of the molecule is C[C@@H](NC(=O)[C@H](COCc1ccccc1)NC(=O)[C@@H](Cc1ccc(OCc2ccccc2)cc1)NC(=O)[C@@H](NOCc1ccccc1)C(=C=O)c1c[nH]c2ccccc12)C(=O)O. The van der Waals surface area contributed by atoms with Crippen LogP contribution in [0.2, 0.25) is 0 Å². The molecule has 0 spiro atoms. The first-order valence-corrected chi connectivity index (χ1v) is 19.9. The number of hydroxylamine groups is 1. The molecule has 0 saturated carbocycles.